The summed E-state index contributed by atoms with van der Waals surface area (Å²) in [5, 5.41) is 4.63. The van der Waals surface area contributed by atoms with Crippen LogP contribution in [0, 0.1) is 13.8 Å². The zero-order valence-corrected chi connectivity index (χ0v) is 36.2. The molecule has 308 valence electrons. The molecule has 0 atom stereocenters. The summed E-state index contributed by atoms with van der Waals surface area (Å²) in [6, 6.07) is 83.3. The molecule has 12 aromatic rings. The van der Waals surface area contributed by atoms with Crippen molar-refractivity contribution in [3.63, 3.8) is 0 Å². The number of hydrogen-bond donors (Lipinski definition) is 0. The Morgan fingerprint density at radius 2 is 0.938 bits per heavy atom. The maximum atomic E-state index is 6.90. The van der Waals surface area contributed by atoms with Gasteiger partial charge in [0.25, 0.3) is 0 Å². The third-order valence-electron chi connectivity index (χ3n) is 13.0. The Morgan fingerprint density at radius 3 is 1.62 bits per heavy atom. The molecule has 0 amide bonds. The highest BCUT2D eigenvalue weighted by Crippen LogP contribution is 2.49. The number of aryl methyl sites for hydroxylation is 2. The van der Waals surface area contributed by atoms with Crippen LogP contribution in [0.2, 0.25) is 0 Å². The first-order valence-corrected chi connectivity index (χ1v) is 22.3. The second-order valence-corrected chi connectivity index (χ2v) is 17.0. The van der Waals surface area contributed by atoms with E-state index in [1.807, 2.05) is 0 Å². The normalized spacial score (nSPS) is 11.5. The van der Waals surface area contributed by atoms with Gasteiger partial charge in [0, 0.05) is 49.7 Å². The van der Waals surface area contributed by atoms with Crippen LogP contribution in [0.5, 0.6) is 0 Å². The number of fused-ring (bicyclic) bond motifs is 6. The van der Waals surface area contributed by atoms with E-state index in [9.17, 15) is 0 Å². The smallest absolute Gasteiger partial charge is 0.143 e. The summed E-state index contributed by atoms with van der Waals surface area (Å²) in [5.74, 6) is 0. The van der Waals surface area contributed by atoms with Crippen LogP contribution in [0.4, 0.5) is 17.1 Å². The minimum absolute atomic E-state index is 0.864. The molecule has 0 aliphatic rings. The monoisotopic (exact) mass is 832 g/mol. The quantitative estimate of drug-likeness (QED) is 0.152. The Kier molecular flexibility index (Phi) is 9.28. The first-order valence-electron chi connectivity index (χ1n) is 22.3. The van der Waals surface area contributed by atoms with Crippen LogP contribution in [-0.4, -0.2) is 4.57 Å². The molecule has 65 heavy (non-hydrogen) atoms. The molecule has 12 rings (SSSR count). The van der Waals surface area contributed by atoms with Crippen LogP contribution in [-0.2, 0) is 0 Å². The lowest BCUT2D eigenvalue weighted by Crippen LogP contribution is -2.14. The summed E-state index contributed by atoms with van der Waals surface area (Å²) in [4.78, 5) is 2.50. The third-order valence-corrected chi connectivity index (χ3v) is 13.0. The molecule has 3 nitrogen and oxygen atoms in total. The lowest BCUT2D eigenvalue weighted by molar-refractivity contribution is 0.670. The van der Waals surface area contributed by atoms with E-state index in [2.05, 4.69) is 254 Å². The Labute approximate surface area is 378 Å². The molecule has 2 heterocycles. The first-order chi connectivity index (χ1) is 32.1. The van der Waals surface area contributed by atoms with Crippen molar-refractivity contribution >= 4 is 60.8 Å². The Bertz CT molecular complexity index is 3680. The zero-order valence-electron chi connectivity index (χ0n) is 36.2. The largest absolute Gasteiger partial charge is 0.455 e. The van der Waals surface area contributed by atoms with Gasteiger partial charge in [-0.05, 0) is 125 Å². The topological polar surface area (TPSA) is 21.3 Å². The van der Waals surface area contributed by atoms with Crippen LogP contribution in [0.3, 0.4) is 0 Å². The van der Waals surface area contributed by atoms with Gasteiger partial charge in [-0.3, -0.25) is 0 Å². The number of hydrogen-bond acceptors (Lipinski definition) is 2. The summed E-state index contributed by atoms with van der Waals surface area (Å²) in [5.41, 5.74) is 20.0. The van der Waals surface area contributed by atoms with Crippen LogP contribution in [0.15, 0.2) is 235 Å². The fourth-order valence-corrected chi connectivity index (χ4v) is 9.99. The second-order valence-electron chi connectivity index (χ2n) is 17.0. The summed E-state index contributed by atoms with van der Waals surface area (Å²) in [6.07, 6.45) is 0. The fraction of sp³-hybridized carbons (Fsp3) is 0.0323. The Morgan fingerprint density at radius 1 is 0.369 bits per heavy atom. The van der Waals surface area contributed by atoms with Gasteiger partial charge in [0.15, 0.2) is 0 Å². The lowest BCUT2D eigenvalue weighted by Gasteiger charge is -2.32. The average Bonchev–Trinajstić information content (AvgIpc) is 3.91. The maximum absolute atomic E-state index is 6.90. The molecule has 0 aliphatic heterocycles. The molecule has 0 saturated heterocycles. The molecule has 0 unspecified atom stereocenters. The van der Waals surface area contributed by atoms with Crippen molar-refractivity contribution in [2.24, 2.45) is 0 Å². The summed E-state index contributed by atoms with van der Waals surface area (Å²) in [6.45, 7) is 4.50. The highest BCUT2D eigenvalue weighted by Gasteiger charge is 2.26. The van der Waals surface area contributed by atoms with Crippen molar-refractivity contribution in [1.82, 2.24) is 4.57 Å². The molecule has 10 aromatic carbocycles. The van der Waals surface area contributed by atoms with E-state index in [-0.39, 0.29) is 0 Å². The van der Waals surface area contributed by atoms with E-state index < -0.39 is 0 Å². The molecule has 2 aromatic heterocycles. The van der Waals surface area contributed by atoms with Crippen molar-refractivity contribution < 1.29 is 4.42 Å². The molecule has 0 fully saturated rings. The molecule has 0 N–H and O–H groups in total. The number of furan rings is 1. The molecule has 3 heteroatoms. The minimum atomic E-state index is 0.864. The number of nitrogens with zero attached hydrogens (tertiary/aromatic N) is 2. The van der Waals surface area contributed by atoms with Gasteiger partial charge >= 0.3 is 0 Å². The van der Waals surface area contributed by atoms with Crippen LogP contribution < -0.4 is 4.90 Å². The van der Waals surface area contributed by atoms with Gasteiger partial charge in [0.05, 0.1) is 16.7 Å². The van der Waals surface area contributed by atoms with E-state index in [0.717, 1.165) is 66.9 Å². The average molecular weight is 833 g/mol. The van der Waals surface area contributed by atoms with E-state index >= 15 is 0 Å². The maximum Gasteiger partial charge on any atom is 0.143 e. The zero-order chi connectivity index (χ0) is 43.4. The van der Waals surface area contributed by atoms with E-state index in [0.29, 0.717) is 0 Å². The second kappa shape index (κ2) is 15.7. The van der Waals surface area contributed by atoms with Crippen molar-refractivity contribution in [3.05, 3.63) is 242 Å². The van der Waals surface area contributed by atoms with Crippen LogP contribution in [0.25, 0.3) is 93.9 Å². The summed E-state index contributed by atoms with van der Waals surface area (Å²) >= 11 is 0. The van der Waals surface area contributed by atoms with Crippen molar-refractivity contribution in [2.45, 2.75) is 13.8 Å². The predicted octanol–water partition coefficient (Wildman–Crippen LogP) is 17.4. The predicted molar refractivity (Wildman–Crippen MR) is 274 cm³/mol. The number of aromatic nitrogens is 1. The minimum Gasteiger partial charge on any atom is -0.455 e. The molecule has 0 radical (unpaired) electrons. The Balaban J connectivity index is 1.14. The third kappa shape index (κ3) is 6.60. The summed E-state index contributed by atoms with van der Waals surface area (Å²) < 4.78 is 9.29. The van der Waals surface area contributed by atoms with Gasteiger partial charge in [-0.25, -0.2) is 0 Å². The number of para-hydroxylation sites is 3. The number of rotatable bonds is 8. The van der Waals surface area contributed by atoms with Gasteiger partial charge in [-0.1, -0.05) is 164 Å². The van der Waals surface area contributed by atoms with Crippen molar-refractivity contribution in [3.8, 4) is 50.2 Å². The van der Waals surface area contributed by atoms with Gasteiger partial charge in [0.1, 0.15) is 11.2 Å². The number of anilines is 3. The van der Waals surface area contributed by atoms with E-state index in [1.165, 1.54) is 55.2 Å². The molecule has 0 bridgehead atoms. The molecule has 0 saturated carbocycles. The first kappa shape index (κ1) is 38.3. The standard InChI is InChI=1S/C62H44N2O/c1-41-35-46(43-19-6-3-7-20-43)33-34-57(41)64(61-42(2)36-48(44-21-8-4-9-22-44)38-54(61)45-23-10-5-11-24-45)50-39-55(62-56(40-50)53-29-14-17-32-60(53)65-62)47-25-18-26-49(37-47)63-58-30-15-12-27-51(58)52-28-13-16-31-59(52)63/h3-40H,1-2H3. The van der Waals surface area contributed by atoms with Crippen LogP contribution >= 0.6 is 0 Å². The molecular formula is C62H44N2O. The molecular weight excluding hydrogens is 789 g/mol. The highest BCUT2D eigenvalue weighted by atomic mass is 16.3. The Hall–Kier alpha value is -8.40. The SMILES string of the molecule is Cc1cc(-c2ccccc2)ccc1N(c1cc(-c2cccc(-n3c4ccccc4c4ccccc43)c2)c2oc3ccccc3c2c1)c1c(C)cc(-c2ccccc2)cc1-c1ccccc1. The number of benzene rings is 10. The van der Waals surface area contributed by atoms with Gasteiger partial charge in [-0.2, -0.15) is 0 Å². The molecule has 0 spiro atoms. The lowest BCUT2D eigenvalue weighted by atomic mass is 9.92. The van der Waals surface area contributed by atoms with E-state index in [4.69, 9.17) is 4.42 Å². The van der Waals surface area contributed by atoms with E-state index in [1.54, 1.807) is 0 Å². The molecule has 0 aliphatic carbocycles. The highest BCUT2D eigenvalue weighted by molar-refractivity contribution is 6.13. The van der Waals surface area contributed by atoms with Gasteiger partial charge < -0.3 is 13.9 Å². The summed E-state index contributed by atoms with van der Waals surface area (Å²) in [7, 11) is 0. The van der Waals surface area contributed by atoms with Gasteiger partial charge in [-0.15, -0.1) is 0 Å². The van der Waals surface area contributed by atoms with Crippen molar-refractivity contribution in [1.29, 1.82) is 0 Å². The van der Waals surface area contributed by atoms with Crippen LogP contribution in [0.1, 0.15) is 11.1 Å². The van der Waals surface area contributed by atoms with Crippen molar-refractivity contribution in [2.75, 3.05) is 4.90 Å². The fourth-order valence-electron chi connectivity index (χ4n) is 9.99. The van der Waals surface area contributed by atoms with Gasteiger partial charge in [0.2, 0.25) is 0 Å².